The number of anilines is 2. The number of hydrogen-bond acceptors (Lipinski definition) is 5. The highest BCUT2D eigenvalue weighted by Crippen LogP contribution is 2.24. The first-order chi connectivity index (χ1) is 10.2. The highest BCUT2D eigenvalue weighted by molar-refractivity contribution is 5.98. The Morgan fingerprint density at radius 2 is 2.10 bits per heavy atom. The van der Waals surface area contributed by atoms with E-state index in [1.807, 2.05) is 12.1 Å². The average molecular weight is 281 g/mol. The van der Waals surface area contributed by atoms with Gasteiger partial charge in [-0.05, 0) is 29.8 Å². The van der Waals surface area contributed by atoms with Crippen LogP contribution in [0.25, 0.3) is 0 Å². The number of rotatable bonds is 4. The van der Waals surface area contributed by atoms with E-state index in [9.17, 15) is 4.79 Å². The number of methoxy groups -OCH3 is 1. The summed E-state index contributed by atoms with van der Waals surface area (Å²) >= 11 is 0. The molecule has 0 saturated heterocycles. The lowest BCUT2D eigenvalue weighted by atomic mass is 10.1. The zero-order chi connectivity index (χ0) is 15.2. The Bertz CT molecular complexity index is 705. The van der Waals surface area contributed by atoms with Crippen LogP contribution < -0.4 is 11.1 Å². The molecule has 0 fully saturated rings. The van der Waals surface area contributed by atoms with Crippen molar-refractivity contribution in [1.29, 1.82) is 5.26 Å². The van der Waals surface area contributed by atoms with E-state index >= 15 is 0 Å². The van der Waals surface area contributed by atoms with Crippen LogP contribution in [-0.2, 0) is 11.3 Å². The lowest BCUT2D eigenvalue weighted by Crippen LogP contribution is -2.09. The molecule has 0 amide bonds. The molecule has 3 N–H and O–H groups in total. The van der Waals surface area contributed by atoms with Gasteiger partial charge in [-0.3, -0.25) is 0 Å². The quantitative estimate of drug-likeness (QED) is 0.664. The summed E-state index contributed by atoms with van der Waals surface area (Å²) in [4.78, 5) is 11.6. The van der Waals surface area contributed by atoms with Crippen LogP contribution >= 0.6 is 0 Å². The third-order valence-corrected chi connectivity index (χ3v) is 3.05. The van der Waals surface area contributed by atoms with Gasteiger partial charge >= 0.3 is 5.97 Å². The van der Waals surface area contributed by atoms with Gasteiger partial charge in [0.25, 0.3) is 0 Å². The van der Waals surface area contributed by atoms with Crippen molar-refractivity contribution >= 4 is 17.3 Å². The number of nitrogen functional groups attached to an aromatic ring is 1. The fourth-order valence-electron chi connectivity index (χ4n) is 1.96. The van der Waals surface area contributed by atoms with E-state index in [1.165, 1.54) is 7.11 Å². The normalized spacial score (nSPS) is 9.71. The summed E-state index contributed by atoms with van der Waals surface area (Å²) in [5.74, 6) is -0.470. The first kappa shape index (κ1) is 14.4. The first-order valence-electron chi connectivity index (χ1n) is 6.35. The summed E-state index contributed by atoms with van der Waals surface area (Å²) in [5.41, 5.74) is 8.85. The number of carbonyl (C=O) groups excluding carboxylic acids is 1. The van der Waals surface area contributed by atoms with Gasteiger partial charge < -0.3 is 15.8 Å². The molecule has 0 aromatic heterocycles. The minimum absolute atomic E-state index is 0.327. The number of ether oxygens (including phenoxy) is 1. The Hall–Kier alpha value is -3.00. The van der Waals surface area contributed by atoms with Crippen LogP contribution in [0.1, 0.15) is 21.5 Å². The molecule has 21 heavy (non-hydrogen) atoms. The van der Waals surface area contributed by atoms with Crippen LogP contribution in [0.3, 0.4) is 0 Å². The predicted molar refractivity (Wildman–Crippen MR) is 80.7 cm³/mol. The third kappa shape index (κ3) is 3.31. The summed E-state index contributed by atoms with van der Waals surface area (Å²) in [6.45, 7) is 0.504. The minimum Gasteiger partial charge on any atom is -0.465 e. The van der Waals surface area contributed by atoms with Crippen molar-refractivity contribution in [1.82, 2.24) is 0 Å². The molecule has 0 heterocycles. The molecular formula is C16H15N3O2. The van der Waals surface area contributed by atoms with Gasteiger partial charge in [0.1, 0.15) is 0 Å². The summed E-state index contributed by atoms with van der Waals surface area (Å²) in [5, 5.41) is 12.0. The van der Waals surface area contributed by atoms with E-state index in [-0.39, 0.29) is 0 Å². The Balaban J connectivity index is 2.17. The molecule has 0 radical (unpaired) electrons. The molecule has 0 aliphatic carbocycles. The van der Waals surface area contributed by atoms with E-state index in [0.717, 1.165) is 5.56 Å². The Kier molecular flexibility index (Phi) is 4.42. The molecule has 0 unspecified atom stereocenters. The second-order valence-electron chi connectivity index (χ2n) is 4.42. The van der Waals surface area contributed by atoms with Crippen molar-refractivity contribution in [3.63, 3.8) is 0 Å². The maximum Gasteiger partial charge on any atom is 0.340 e. The van der Waals surface area contributed by atoms with Crippen molar-refractivity contribution in [3.05, 3.63) is 59.2 Å². The lowest BCUT2D eigenvalue weighted by molar-refractivity contribution is 0.0602. The summed E-state index contributed by atoms with van der Waals surface area (Å²) in [7, 11) is 1.31. The fraction of sp³-hybridized carbons (Fsp3) is 0.125. The largest absolute Gasteiger partial charge is 0.465 e. The van der Waals surface area contributed by atoms with Crippen molar-refractivity contribution in [3.8, 4) is 6.07 Å². The molecule has 5 heteroatoms. The number of nitriles is 1. The van der Waals surface area contributed by atoms with E-state index < -0.39 is 5.97 Å². The molecule has 2 rings (SSSR count). The van der Waals surface area contributed by atoms with Crippen molar-refractivity contribution in [2.24, 2.45) is 0 Å². The monoisotopic (exact) mass is 281 g/mol. The van der Waals surface area contributed by atoms with Crippen LogP contribution in [0.5, 0.6) is 0 Å². The topological polar surface area (TPSA) is 88.1 Å². The number of nitrogens with zero attached hydrogens (tertiary/aromatic N) is 1. The molecule has 0 saturated carbocycles. The second kappa shape index (κ2) is 6.44. The summed E-state index contributed by atoms with van der Waals surface area (Å²) in [6.07, 6.45) is 0. The van der Waals surface area contributed by atoms with Crippen LogP contribution in [0.15, 0.2) is 42.5 Å². The Labute approximate surface area is 123 Å². The third-order valence-electron chi connectivity index (χ3n) is 3.05. The second-order valence-corrected chi connectivity index (χ2v) is 4.42. The lowest BCUT2D eigenvalue weighted by Gasteiger charge is -2.12. The molecule has 2 aromatic rings. The highest BCUT2D eigenvalue weighted by Gasteiger charge is 2.12. The van der Waals surface area contributed by atoms with Gasteiger partial charge in [0, 0.05) is 6.54 Å². The van der Waals surface area contributed by atoms with Crippen LogP contribution in [0.4, 0.5) is 11.4 Å². The average Bonchev–Trinajstić information content (AvgIpc) is 2.53. The molecular weight excluding hydrogens is 266 g/mol. The number of benzene rings is 2. The van der Waals surface area contributed by atoms with Gasteiger partial charge in [0.15, 0.2) is 0 Å². The van der Waals surface area contributed by atoms with Crippen molar-refractivity contribution in [2.45, 2.75) is 6.54 Å². The number of para-hydroxylation sites is 1. The molecule has 0 atom stereocenters. The zero-order valence-corrected chi connectivity index (χ0v) is 11.6. The Morgan fingerprint density at radius 3 is 2.81 bits per heavy atom. The molecule has 106 valence electrons. The summed E-state index contributed by atoms with van der Waals surface area (Å²) < 4.78 is 4.68. The van der Waals surface area contributed by atoms with E-state index in [4.69, 9.17) is 11.0 Å². The van der Waals surface area contributed by atoms with Crippen molar-refractivity contribution in [2.75, 3.05) is 18.2 Å². The van der Waals surface area contributed by atoms with Gasteiger partial charge in [0.2, 0.25) is 0 Å². The SMILES string of the molecule is COC(=O)c1cccc(NCc2cccc(C#N)c2)c1N. The molecule has 0 aliphatic heterocycles. The van der Waals surface area contributed by atoms with Crippen LogP contribution in [0, 0.1) is 11.3 Å². The standard InChI is InChI=1S/C16H15N3O2/c1-21-16(20)13-6-3-7-14(15(13)18)19-10-12-5-2-4-11(8-12)9-17/h2-8,19H,10,18H2,1H3. The highest BCUT2D eigenvalue weighted by atomic mass is 16.5. The number of nitrogens with one attached hydrogen (secondary N) is 1. The maximum absolute atomic E-state index is 11.6. The Morgan fingerprint density at radius 1 is 1.33 bits per heavy atom. The van der Waals surface area contributed by atoms with Gasteiger partial charge in [-0.2, -0.15) is 5.26 Å². The fourth-order valence-corrected chi connectivity index (χ4v) is 1.96. The van der Waals surface area contributed by atoms with Crippen LogP contribution in [0.2, 0.25) is 0 Å². The number of hydrogen-bond donors (Lipinski definition) is 2. The molecule has 0 aliphatic rings. The first-order valence-corrected chi connectivity index (χ1v) is 6.35. The van der Waals surface area contributed by atoms with E-state index in [0.29, 0.717) is 29.0 Å². The molecule has 5 nitrogen and oxygen atoms in total. The van der Waals surface area contributed by atoms with Gasteiger partial charge in [0.05, 0.1) is 35.7 Å². The van der Waals surface area contributed by atoms with Gasteiger partial charge in [-0.15, -0.1) is 0 Å². The summed E-state index contributed by atoms with van der Waals surface area (Å²) in [6, 6.07) is 14.5. The number of nitrogens with two attached hydrogens (primary N) is 1. The molecule has 0 spiro atoms. The molecule has 0 bridgehead atoms. The molecule has 2 aromatic carbocycles. The number of carbonyl (C=O) groups is 1. The van der Waals surface area contributed by atoms with Crippen molar-refractivity contribution < 1.29 is 9.53 Å². The number of esters is 1. The predicted octanol–water partition coefficient (Wildman–Crippen LogP) is 2.54. The van der Waals surface area contributed by atoms with Gasteiger partial charge in [-0.25, -0.2) is 4.79 Å². The minimum atomic E-state index is -0.470. The van der Waals surface area contributed by atoms with Gasteiger partial charge in [-0.1, -0.05) is 18.2 Å². The zero-order valence-electron chi connectivity index (χ0n) is 11.6. The maximum atomic E-state index is 11.6. The van der Waals surface area contributed by atoms with E-state index in [2.05, 4.69) is 16.1 Å². The van der Waals surface area contributed by atoms with Crippen LogP contribution in [-0.4, -0.2) is 13.1 Å². The smallest absolute Gasteiger partial charge is 0.340 e. The van der Waals surface area contributed by atoms with E-state index in [1.54, 1.807) is 30.3 Å².